The van der Waals surface area contributed by atoms with Crippen LogP contribution in [0, 0.1) is 6.92 Å². The molecule has 2 aromatic rings. The van der Waals surface area contributed by atoms with Crippen LogP contribution in [-0.4, -0.2) is 8.42 Å². The van der Waals surface area contributed by atoms with Crippen LogP contribution in [0.2, 0.25) is 0 Å². The molecule has 0 aliphatic rings. The number of sulfonamides is 1. The zero-order chi connectivity index (χ0) is 13.9. The Kier molecular flexibility index (Phi) is 4.04. The highest BCUT2D eigenvalue weighted by atomic mass is 32.2. The molecule has 0 aliphatic heterocycles. The molecule has 5 nitrogen and oxygen atoms in total. The molecular weight excluding hydrogens is 264 g/mol. The average Bonchev–Trinajstić information content (AvgIpc) is 2.90. The number of benzene rings is 1. The van der Waals surface area contributed by atoms with Gasteiger partial charge in [0.05, 0.1) is 17.4 Å². The predicted molar refractivity (Wildman–Crippen MR) is 71.8 cm³/mol. The molecule has 0 aliphatic carbocycles. The molecule has 6 heteroatoms. The van der Waals surface area contributed by atoms with Crippen molar-refractivity contribution in [3.05, 3.63) is 53.5 Å². The number of nitrogens with one attached hydrogen (secondary N) is 1. The van der Waals surface area contributed by atoms with Crippen molar-refractivity contribution in [2.75, 3.05) is 0 Å². The first-order chi connectivity index (χ1) is 9.03. The van der Waals surface area contributed by atoms with Gasteiger partial charge in [-0.25, -0.2) is 13.1 Å². The summed E-state index contributed by atoms with van der Waals surface area (Å²) in [6.45, 7) is 2.27. The van der Waals surface area contributed by atoms with Gasteiger partial charge in [0, 0.05) is 18.7 Å². The van der Waals surface area contributed by atoms with E-state index in [9.17, 15) is 8.42 Å². The van der Waals surface area contributed by atoms with Gasteiger partial charge in [-0.3, -0.25) is 0 Å². The molecule has 0 unspecified atom stereocenters. The Labute approximate surface area is 112 Å². The van der Waals surface area contributed by atoms with E-state index in [1.807, 2.05) is 6.07 Å². The topological polar surface area (TPSA) is 85.3 Å². The van der Waals surface area contributed by atoms with Crippen molar-refractivity contribution in [2.24, 2.45) is 5.73 Å². The predicted octanol–water partition coefficient (Wildman–Crippen LogP) is 1.53. The first kappa shape index (κ1) is 13.8. The monoisotopic (exact) mass is 280 g/mol. The molecule has 0 radical (unpaired) electrons. The van der Waals surface area contributed by atoms with Crippen LogP contribution in [-0.2, 0) is 23.1 Å². The lowest BCUT2D eigenvalue weighted by atomic mass is 10.1. The third kappa shape index (κ3) is 3.23. The van der Waals surface area contributed by atoms with Crippen LogP contribution in [0.3, 0.4) is 0 Å². The molecule has 2 rings (SSSR count). The molecule has 19 heavy (non-hydrogen) atoms. The van der Waals surface area contributed by atoms with E-state index in [2.05, 4.69) is 4.72 Å². The summed E-state index contributed by atoms with van der Waals surface area (Å²) < 4.78 is 31.9. The van der Waals surface area contributed by atoms with Gasteiger partial charge in [0.2, 0.25) is 10.0 Å². The Bertz CT molecular complexity index is 649. The minimum Gasteiger partial charge on any atom is -0.472 e. The minimum absolute atomic E-state index is 0.200. The molecule has 1 aromatic heterocycles. The van der Waals surface area contributed by atoms with E-state index in [4.69, 9.17) is 10.2 Å². The van der Waals surface area contributed by atoms with E-state index in [1.165, 1.54) is 12.5 Å². The van der Waals surface area contributed by atoms with Crippen LogP contribution in [0.25, 0.3) is 0 Å². The molecular formula is C13H16N2O3S. The summed E-state index contributed by atoms with van der Waals surface area (Å²) >= 11 is 0. The third-order valence-corrected chi connectivity index (χ3v) is 4.37. The second-order valence-corrected chi connectivity index (χ2v) is 6.00. The van der Waals surface area contributed by atoms with Crippen molar-refractivity contribution in [1.82, 2.24) is 4.72 Å². The highest BCUT2D eigenvalue weighted by Crippen LogP contribution is 2.17. The molecule has 0 saturated heterocycles. The van der Waals surface area contributed by atoms with Gasteiger partial charge in [-0.1, -0.05) is 12.1 Å². The summed E-state index contributed by atoms with van der Waals surface area (Å²) in [5.74, 6) is 0. The maximum Gasteiger partial charge on any atom is 0.241 e. The molecule has 0 bridgehead atoms. The molecule has 102 valence electrons. The van der Waals surface area contributed by atoms with Crippen molar-refractivity contribution in [3.8, 4) is 0 Å². The fourth-order valence-electron chi connectivity index (χ4n) is 1.71. The SMILES string of the molecule is Cc1ccc(CN)cc1S(=O)(=O)NCc1ccoc1. The molecule has 0 atom stereocenters. The van der Waals surface area contributed by atoms with E-state index in [-0.39, 0.29) is 11.4 Å². The largest absolute Gasteiger partial charge is 0.472 e. The van der Waals surface area contributed by atoms with Gasteiger partial charge < -0.3 is 10.2 Å². The van der Waals surface area contributed by atoms with Crippen molar-refractivity contribution >= 4 is 10.0 Å². The standard InChI is InChI=1S/C13H16N2O3S/c1-10-2-3-11(7-14)6-13(10)19(16,17)15-8-12-4-5-18-9-12/h2-6,9,15H,7-8,14H2,1H3. The summed E-state index contributed by atoms with van der Waals surface area (Å²) in [5, 5.41) is 0. The molecule has 0 fully saturated rings. The lowest BCUT2D eigenvalue weighted by Crippen LogP contribution is -2.24. The summed E-state index contributed by atoms with van der Waals surface area (Å²) in [4.78, 5) is 0.263. The molecule has 1 heterocycles. The summed E-state index contributed by atoms with van der Waals surface area (Å²) in [6, 6.07) is 6.90. The quantitative estimate of drug-likeness (QED) is 0.869. The van der Waals surface area contributed by atoms with Crippen LogP contribution >= 0.6 is 0 Å². The highest BCUT2D eigenvalue weighted by molar-refractivity contribution is 7.89. The average molecular weight is 280 g/mol. The number of aryl methyl sites for hydroxylation is 1. The van der Waals surface area contributed by atoms with Crippen LogP contribution in [0.5, 0.6) is 0 Å². The van der Waals surface area contributed by atoms with E-state index in [0.717, 1.165) is 11.1 Å². The second kappa shape index (κ2) is 5.56. The number of hydrogen-bond acceptors (Lipinski definition) is 4. The van der Waals surface area contributed by atoms with Gasteiger partial charge >= 0.3 is 0 Å². The Hall–Kier alpha value is -1.63. The molecule has 3 N–H and O–H groups in total. The van der Waals surface area contributed by atoms with Crippen molar-refractivity contribution in [2.45, 2.75) is 24.9 Å². The van der Waals surface area contributed by atoms with Crippen LogP contribution in [0.4, 0.5) is 0 Å². The van der Waals surface area contributed by atoms with Gasteiger partial charge in [0.15, 0.2) is 0 Å². The normalized spacial score (nSPS) is 11.7. The number of hydrogen-bond donors (Lipinski definition) is 2. The Morgan fingerprint density at radius 3 is 2.68 bits per heavy atom. The molecule has 0 spiro atoms. The van der Waals surface area contributed by atoms with Gasteiger partial charge in [0.25, 0.3) is 0 Å². The number of furan rings is 1. The molecule has 1 aromatic carbocycles. The van der Waals surface area contributed by atoms with Crippen LogP contribution < -0.4 is 10.5 Å². The van der Waals surface area contributed by atoms with Gasteiger partial charge in [0.1, 0.15) is 0 Å². The fraction of sp³-hybridized carbons (Fsp3) is 0.231. The summed E-state index contributed by atoms with van der Waals surface area (Å²) in [6.07, 6.45) is 3.01. The number of nitrogens with two attached hydrogens (primary N) is 1. The van der Waals surface area contributed by atoms with Crippen LogP contribution in [0.1, 0.15) is 16.7 Å². The van der Waals surface area contributed by atoms with Crippen molar-refractivity contribution < 1.29 is 12.8 Å². The van der Waals surface area contributed by atoms with Gasteiger partial charge in [-0.15, -0.1) is 0 Å². The maximum atomic E-state index is 12.2. The zero-order valence-corrected chi connectivity index (χ0v) is 11.4. The maximum absolute atomic E-state index is 12.2. The summed E-state index contributed by atoms with van der Waals surface area (Å²) in [7, 11) is -3.55. The molecule has 0 saturated carbocycles. The van der Waals surface area contributed by atoms with E-state index < -0.39 is 10.0 Å². The first-order valence-electron chi connectivity index (χ1n) is 5.83. The highest BCUT2D eigenvalue weighted by Gasteiger charge is 2.17. The van der Waals surface area contributed by atoms with Crippen molar-refractivity contribution in [1.29, 1.82) is 0 Å². The van der Waals surface area contributed by atoms with Gasteiger partial charge in [-0.2, -0.15) is 0 Å². The van der Waals surface area contributed by atoms with E-state index in [0.29, 0.717) is 12.1 Å². The first-order valence-corrected chi connectivity index (χ1v) is 7.31. The Morgan fingerprint density at radius 1 is 1.26 bits per heavy atom. The van der Waals surface area contributed by atoms with E-state index >= 15 is 0 Å². The second-order valence-electron chi connectivity index (χ2n) is 4.26. The van der Waals surface area contributed by atoms with Crippen LogP contribution in [0.15, 0.2) is 46.1 Å². The molecule has 0 amide bonds. The zero-order valence-electron chi connectivity index (χ0n) is 10.6. The Morgan fingerprint density at radius 2 is 2.05 bits per heavy atom. The smallest absolute Gasteiger partial charge is 0.241 e. The van der Waals surface area contributed by atoms with Crippen molar-refractivity contribution in [3.63, 3.8) is 0 Å². The van der Waals surface area contributed by atoms with Gasteiger partial charge in [-0.05, 0) is 30.2 Å². The fourth-order valence-corrected chi connectivity index (χ4v) is 3.02. The number of rotatable bonds is 5. The third-order valence-electron chi connectivity index (χ3n) is 2.82. The van der Waals surface area contributed by atoms with E-state index in [1.54, 1.807) is 25.1 Å². The summed E-state index contributed by atoms with van der Waals surface area (Å²) in [5.41, 5.74) is 7.79. The minimum atomic E-state index is -3.55. The Balaban J connectivity index is 2.23. The lowest BCUT2D eigenvalue weighted by molar-refractivity contribution is 0.561. The lowest BCUT2D eigenvalue weighted by Gasteiger charge is -2.10.